The van der Waals surface area contributed by atoms with Crippen molar-refractivity contribution in [3.05, 3.63) is 69.8 Å². The molecular weight excluding hydrogens is 326 g/mol. The molecule has 0 aliphatic carbocycles. The Hall–Kier alpha value is -2.95. The molecule has 4 rings (SSSR count). The van der Waals surface area contributed by atoms with E-state index in [-0.39, 0.29) is 17.4 Å². The molecule has 0 unspecified atom stereocenters. The Morgan fingerprint density at radius 1 is 1.12 bits per heavy atom. The van der Waals surface area contributed by atoms with Crippen LogP contribution in [0.5, 0.6) is 0 Å². The number of hydrogen-bond acceptors (Lipinski definition) is 3. The van der Waals surface area contributed by atoms with Gasteiger partial charge in [-0.1, -0.05) is 29.8 Å². The van der Waals surface area contributed by atoms with Crippen molar-refractivity contribution in [1.82, 2.24) is 9.55 Å². The van der Waals surface area contributed by atoms with Crippen LogP contribution in [0.3, 0.4) is 0 Å². The molecule has 2 heterocycles. The summed E-state index contributed by atoms with van der Waals surface area (Å²) in [5, 5.41) is 0.600. The van der Waals surface area contributed by atoms with E-state index in [0.29, 0.717) is 29.7 Å². The van der Waals surface area contributed by atoms with Crippen LogP contribution in [0.4, 0.5) is 5.69 Å². The summed E-state index contributed by atoms with van der Waals surface area (Å²) in [6, 6.07) is 13.5. The van der Waals surface area contributed by atoms with Gasteiger partial charge >= 0.3 is 0 Å². The van der Waals surface area contributed by atoms with Gasteiger partial charge < -0.3 is 4.90 Å². The summed E-state index contributed by atoms with van der Waals surface area (Å²) in [4.78, 5) is 32.1. The molecule has 0 spiro atoms. The van der Waals surface area contributed by atoms with Crippen LogP contribution in [0, 0.1) is 6.92 Å². The quantitative estimate of drug-likeness (QED) is 0.732. The molecule has 1 aliphatic rings. The number of rotatable bonds is 3. The summed E-state index contributed by atoms with van der Waals surface area (Å²) in [5.74, 6) is 0.414. The number of hydrogen-bond donors (Lipinski definition) is 0. The predicted molar refractivity (Wildman–Crippen MR) is 103 cm³/mol. The van der Waals surface area contributed by atoms with Crippen LogP contribution in [-0.2, 0) is 18.3 Å². The minimum Gasteiger partial charge on any atom is -0.312 e. The Balaban J connectivity index is 1.82. The van der Waals surface area contributed by atoms with Gasteiger partial charge in [-0.25, -0.2) is 4.98 Å². The highest BCUT2D eigenvalue weighted by Crippen LogP contribution is 2.39. The minimum atomic E-state index is -0.302. The summed E-state index contributed by atoms with van der Waals surface area (Å²) in [7, 11) is 1.73. The third kappa shape index (κ3) is 2.43. The van der Waals surface area contributed by atoms with Gasteiger partial charge in [-0.3, -0.25) is 14.2 Å². The number of para-hydroxylation sites is 1. The Kier molecular flexibility index (Phi) is 3.87. The van der Waals surface area contributed by atoms with Crippen molar-refractivity contribution in [1.29, 1.82) is 0 Å². The third-order valence-corrected chi connectivity index (χ3v) is 5.19. The first kappa shape index (κ1) is 16.5. The number of benzene rings is 2. The van der Waals surface area contributed by atoms with E-state index < -0.39 is 0 Å². The molecule has 132 valence electrons. The van der Waals surface area contributed by atoms with Crippen LogP contribution < -0.4 is 10.5 Å². The predicted octanol–water partition coefficient (Wildman–Crippen LogP) is 2.93. The van der Waals surface area contributed by atoms with Crippen molar-refractivity contribution in [2.24, 2.45) is 7.05 Å². The molecule has 3 aromatic rings. The summed E-state index contributed by atoms with van der Waals surface area (Å²) in [5.41, 5.74) is 3.72. The van der Waals surface area contributed by atoms with E-state index in [1.807, 2.05) is 49.1 Å². The standard InChI is InChI=1S/C21H21N3O2/c1-4-24-18-10-9-13(2)11-15(18)16(21(24)26)12-19-22-17-8-6-5-7-14(17)20(25)23(19)3/h5-11,16H,4,12H2,1-3H3/t16-/m1/s1. The van der Waals surface area contributed by atoms with E-state index in [0.717, 1.165) is 16.8 Å². The lowest BCUT2D eigenvalue weighted by Crippen LogP contribution is -2.30. The Bertz CT molecular complexity index is 1080. The third-order valence-electron chi connectivity index (χ3n) is 5.19. The summed E-state index contributed by atoms with van der Waals surface area (Å²) < 4.78 is 1.57. The van der Waals surface area contributed by atoms with Crippen molar-refractivity contribution in [2.45, 2.75) is 26.2 Å². The average molecular weight is 347 g/mol. The van der Waals surface area contributed by atoms with Crippen LogP contribution in [0.25, 0.3) is 10.9 Å². The molecule has 2 aromatic carbocycles. The van der Waals surface area contributed by atoms with E-state index >= 15 is 0 Å². The van der Waals surface area contributed by atoms with Gasteiger partial charge in [-0.05, 0) is 37.6 Å². The molecule has 0 fully saturated rings. The maximum absolute atomic E-state index is 13.0. The Morgan fingerprint density at radius 2 is 1.88 bits per heavy atom. The van der Waals surface area contributed by atoms with E-state index in [1.54, 1.807) is 17.7 Å². The highest BCUT2D eigenvalue weighted by Gasteiger charge is 2.37. The van der Waals surface area contributed by atoms with Crippen LogP contribution in [-0.4, -0.2) is 22.0 Å². The number of nitrogens with zero attached hydrogens (tertiary/aromatic N) is 3. The molecule has 0 radical (unpaired) electrons. The zero-order valence-corrected chi connectivity index (χ0v) is 15.2. The largest absolute Gasteiger partial charge is 0.312 e. The molecule has 5 nitrogen and oxygen atoms in total. The van der Waals surface area contributed by atoms with Crippen molar-refractivity contribution >= 4 is 22.5 Å². The average Bonchev–Trinajstić information content (AvgIpc) is 2.90. The van der Waals surface area contributed by atoms with Gasteiger partial charge in [0.05, 0.1) is 16.8 Å². The number of likely N-dealkylation sites (N-methyl/N-ethyl adjacent to an activating group) is 1. The summed E-state index contributed by atoms with van der Waals surface area (Å²) in [6.07, 6.45) is 0.419. The van der Waals surface area contributed by atoms with Crippen LogP contribution in [0.2, 0.25) is 0 Å². The van der Waals surface area contributed by atoms with E-state index in [9.17, 15) is 9.59 Å². The van der Waals surface area contributed by atoms with Crippen LogP contribution in [0.15, 0.2) is 47.3 Å². The highest BCUT2D eigenvalue weighted by molar-refractivity contribution is 6.05. The second kappa shape index (κ2) is 6.09. The van der Waals surface area contributed by atoms with Gasteiger partial charge in [0.1, 0.15) is 5.82 Å². The molecule has 0 saturated heterocycles. The number of aromatic nitrogens is 2. The van der Waals surface area contributed by atoms with E-state index in [1.165, 1.54) is 0 Å². The van der Waals surface area contributed by atoms with Gasteiger partial charge in [-0.15, -0.1) is 0 Å². The topological polar surface area (TPSA) is 55.2 Å². The van der Waals surface area contributed by atoms with Crippen molar-refractivity contribution in [2.75, 3.05) is 11.4 Å². The number of carbonyl (C=O) groups is 1. The van der Waals surface area contributed by atoms with Gasteiger partial charge in [0, 0.05) is 25.7 Å². The van der Waals surface area contributed by atoms with Gasteiger partial charge in [0.15, 0.2) is 0 Å². The fourth-order valence-corrected chi connectivity index (χ4v) is 3.79. The lowest BCUT2D eigenvalue weighted by molar-refractivity contribution is -0.119. The molecular formula is C21H21N3O2. The normalized spacial score (nSPS) is 16.3. The van der Waals surface area contributed by atoms with E-state index in [4.69, 9.17) is 0 Å². The van der Waals surface area contributed by atoms with Crippen molar-refractivity contribution in [3.8, 4) is 0 Å². The minimum absolute atomic E-state index is 0.0761. The molecule has 0 N–H and O–H groups in total. The lowest BCUT2D eigenvalue weighted by Gasteiger charge is -2.16. The number of anilines is 1. The molecule has 5 heteroatoms. The summed E-state index contributed by atoms with van der Waals surface area (Å²) >= 11 is 0. The van der Waals surface area contributed by atoms with Gasteiger partial charge in [-0.2, -0.15) is 0 Å². The Morgan fingerprint density at radius 3 is 2.65 bits per heavy atom. The van der Waals surface area contributed by atoms with Crippen molar-refractivity contribution in [3.63, 3.8) is 0 Å². The molecule has 1 amide bonds. The second-order valence-electron chi connectivity index (χ2n) is 6.81. The molecule has 1 atom stereocenters. The number of fused-ring (bicyclic) bond motifs is 2. The van der Waals surface area contributed by atoms with Crippen molar-refractivity contribution < 1.29 is 4.79 Å². The number of carbonyl (C=O) groups excluding carboxylic acids is 1. The smallest absolute Gasteiger partial charge is 0.261 e. The molecule has 1 aromatic heterocycles. The van der Waals surface area contributed by atoms with Gasteiger partial charge in [0.2, 0.25) is 5.91 Å². The molecule has 0 saturated carbocycles. The first-order chi connectivity index (χ1) is 12.5. The SMILES string of the molecule is CCN1C(=O)[C@H](Cc2nc3ccccc3c(=O)n2C)c2cc(C)ccc21. The van der Waals surface area contributed by atoms with Crippen LogP contribution in [0.1, 0.15) is 29.8 Å². The second-order valence-corrected chi connectivity index (χ2v) is 6.81. The maximum atomic E-state index is 13.0. The van der Waals surface area contributed by atoms with E-state index in [2.05, 4.69) is 11.1 Å². The molecule has 1 aliphatic heterocycles. The monoisotopic (exact) mass is 347 g/mol. The zero-order chi connectivity index (χ0) is 18.4. The lowest BCUT2D eigenvalue weighted by atomic mass is 9.95. The zero-order valence-electron chi connectivity index (χ0n) is 15.2. The fraction of sp³-hybridized carbons (Fsp3) is 0.286. The highest BCUT2D eigenvalue weighted by atomic mass is 16.2. The first-order valence-corrected chi connectivity index (χ1v) is 8.87. The Labute approximate surface area is 151 Å². The summed E-state index contributed by atoms with van der Waals surface area (Å²) in [6.45, 7) is 4.64. The molecule has 0 bridgehead atoms. The molecule has 26 heavy (non-hydrogen) atoms. The first-order valence-electron chi connectivity index (χ1n) is 8.87. The number of aryl methyl sites for hydroxylation is 1. The van der Waals surface area contributed by atoms with Crippen LogP contribution >= 0.6 is 0 Å². The van der Waals surface area contributed by atoms with Gasteiger partial charge in [0.25, 0.3) is 5.56 Å². The number of amides is 1. The maximum Gasteiger partial charge on any atom is 0.261 e. The fourth-order valence-electron chi connectivity index (χ4n) is 3.79.